The molecule has 4 heterocycles. The zero-order chi connectivity index (χ0) is 55.8. The van der Waals surface area contributed by atoms with Gasteiger partial charge in [0.2, 0.25) is 0 Å². The normalized spacial score (nSPS) is 14.6. The van der Waals surface area contributed by atoms with Crippen molar-refractivity contribution in [2.24, 2.45) is 0 Å². The van der Waals surface area contributed by atoms with Crippen LogP contribution in [0.4, 0.5) is 22.7 Å². The molecule has 0 saturated heterocycles. The Kier molecular flexibility index (Phi) is 8.78. The van der Waals surface area contributed by atoms with Gasteiger partial charge in [-0.3, -0.25) is 4.57 Å². The summed E-state index contributed by atoms with van der Waals surface area (Å²) in [6.07, 6.45) is 1.85. The molecule has 6 nitrogen and oxygen atoms in total. The van der Waals surface area contributed by atoms with Crippen molar-refractivity contribution >= 4 is 66.5 Å². The summed E-state index contributed by atoms with van der Waals surface area (Å²) in [5.41, 5.74) is 12.1. The smallest absolute Gasteiger partial charge is 0.138 e. The van der Waals surface area contributed by atoms with Gasteiger partial charge in [0, 0.05) is 51.2 Å². The fourth-order valence-electron chi connectivity index (χ4n) is 10.1. The van der Waals surface area contributed by atoms with Crippen LogP contribution in [0.1, 0.15) is 88.6 Å². The van der Waals surface area contributed by atoms with Crippen molar-refractivity contribution in [2.75, 3.05) is 16.5 Å². The molecule has 12 rings (SSSR count). The number of pyridine rings is 1. The summed E-state index contributed by atoms with van der Waals surface area (Å²) in [5.74, 6) is 1.94. The van der Waals surface area contributed by atoms with Crippen LogP contribution in [0, 0.1) is 0 Å². The van der Waals surface area contributed by atoms with E-state index in [0.717, 1.165) is 55.7 Å². The van der Waals surface area contributed by atoms with Gasteiger partial charge in [-0.2, -0.15) is 0 Å². The van der Waals surface area contributed by atoms with Gasteiger partial charge < -0.3 is 19.0 Å². The van der Waals surface area contributed by atoms with Crippen LogP contribution < -0.4 is 14.5 Å². The minimum Gasteiger partial charge on any atom is -0.457 e. The molecule has 0 unspecified atom stereocenters. The van der Waals surface area contributed by atoms with Crippen LogP contribution in [0.2, 0.25) is 0 Å². The maximum atomic E-state index is 9.49. The highest BCUT2D eigenvalue weighted by Gasteiger charge is 2.29. The third-order valence-corrected chi connectivity index (χ3v) is 14.0. The van der Waals surface area contributed by atoms with E-state index < -0.39 is 18.1 Å². The lowest BCUT2D eigenvalue weighted by atomic mass is 9.77. The zero-order valence-corrected chi connectivity index (χ0v) is 42.2. The lowest BCUT2D eigenvalue weighted by Gasteiger charge is -2.27. The predicted molar refractivity (Wildman–Crippen MR) is 301 cm³/mol. The number of hydrogen-bond acceptors (Lipinski definition) is 5. The molecule has 0 spiro atoms. The molecule has 0 aliphatic carbocycles. The second kappa shape index (κ2) is 16.8. The van der Waals surface area contributed by atoms with E-state index in [-0.39, 0.29) is 67.9 Å². The second-order valence-electron chi connectivity index (χ2n) is 22.1. The van der Waals surface area contributed by atoms with Crippen LogP contribution in [0.5, 0.6) is 11.5 Å². The number of para-hydroxylation sites is 3. The number of aromatic nitrogens is 2. The number of hydrogen-bond donors (Lipinski definition) is 0. The van der Waals surface area contributed by atoms with Gasteiger partial charge in [-0.05, 0) is 146 Å². The van der Waals surface area contributed by atoms with Crippen molar-refractivity contribution in [3.8, 4) is 39.6 Å². The Morgan fingerprint density at radius 2 is 1.22 bits per heavy atom. The molecule has 72 heavy (non-hydrogen) atoms. The van der Waals surface area contributed by atoms with E-state index in [1.807, 2.05) is 54.7 Å². The molecule has 1 aliphatic rings. The Bertz CT molecular complexity index is 4330. The fraction of sp³-hybridized carbons (Fsp3) is 0.197. The molecule has 3 aromatic heterocycles. The topological polar surface area (TPSA) is 46.7 Å². The van der Waals surface area contributed by atoms with Crippen LogP contribution >= 0.6 is 0 Å². The molecule has 6 heteroatoms. The molecule has 0 bridgehead atoms. The molecule has 8 aromatic carbocycles. The number of rotatable bonds is 7. The first-order valence-electron chi connectivity index (χ1n) is 28.1. The van der Waals surface area contributed by atoms with E-state index in [9.17, 15) is 4.11 Å². The van der Waals surface area contributed by atoms with Gasteiger partial charge in [-0.25, -0.2) is 4.98 Å². The second-order valence-corrected chi connectivity index (χ2v) is 22.1. The van der Waals surface area contributed by atoms with Gasteiger partial charge in [-0.15, -0.1) is 0 Å². The maximum absolute atomic E-state index is 9.49. The lowest BCUT2D eigenvalue weighted by molar-refractivity contribution is 0.483. The molecule has 356 valence electrons. The van der Waals surface area contributed by atoms with Crippen LogP contribution in [0.15, 0.2) is 192 Å². The van der Waals surface area contributed by atoms with Gasteiger partial charge in [0.1, 0.15) is 35.2 Å². The summed E-state index contributed by atoms with van der Waals surface area (Å²) in [4.78, 5) is 9.71. The molecule has 0 fully saturated rings. The van der Waals surface area contributed by atoms with E-state index in [0.29, 0.717) is 29.5 Å². The van der Waals surface area contributed by atoms with Crippen molar-refractivity contribution < 1.29 is 18.7 Å². The average Bonchev–Trinajstić information content (AvgIpc) is 3.87. The summed E-state index contributed by atoms with van der Waals surface area (Å²) >= 11 is 0. The van der Waals surface area contributed by atoms with Crippen LogP contribution in [-0.2, 0) is 16.2 Å². The van der Waals surface area contributed by atoms with Gasteiger partial charge in [0.05, 0.1) is 32.0 Å². The summed E-state index contributed by atoms with van der Waals surface area (Å²) in [7, 11) is 0. The maximum Gasteiger partial charge on any atom is 0.138 e. The van der Waals surface area contributed by atoms with Crippen molar-refractivity contribution in [3.05, 3.63) is 205 Å². The Hall–Kier alpha value is -8.09. The third kappa shape index (κ3) is 7.96. The van der Waals surface area contributed by atoms with E-state index in [1.54, 1.807) is 0 Å². The first-order chi connectivity index (χ1) is 37.5. The number of anilines is 4. The van der Waals surface area contributed by atoms with Crippen molar-refractivity contribution in [3.63, 3.8) is 0 Å². The monoisotopic (exact) mass is 948 g/mol. The molecular weight excluding hydrogens is 881 g/mol. The standard InChI is InChI=1S/C66H60N4O2/c1-64(2,3)45-16-14-17-47(37-45)68-41-69(59-22-12-11-21-58(59)68)48-18-15-19-49(39-48)71-50-27-30-52-55-34-42(43-24-28-54-53-20-10-13-23-61(53)72-62(54)35-43)25-31-57(55)70(60(52)40-50)63-36-44(32-33-67-63)51-29-26-46(65(4,5)6)38-56(51)66(7,8)9/h10-40H,41H2,1-9H3/i10D,13D,20D,23D,24D,28D,35D. The molecule has 0 radical (unpaired) electrons. The van der Waals surface area contributed by atoms with Crippen LogP contribution in [0.25, 0.3) is 71.8 Å². The summed E-state index contributed by atoms with van der Waals surface area (Å²) in [6.45, 7) is 20.8. The van der Waals surface area contributed by atoms with Gasteiger partial charge >= 0.3 is 0 Å². The van der Waals surface area contributed by atoms with Crippen LogP contribution in [0.3, 0.4) is 0 Å². The van der Waals surface area contributed by atoms with Gasteiger partial charge in [-0.1, -0.05) is 141 Å². The molecule has 0 amide bonds. The first-order valence-corrected chi connectivity index (χ1v) is 24.6. The SMILES string of the molecule is [2H]c1c([2H])c([2H])c2c(oc3c([2H])c(-c4ccc5c(c4)c4ccc(Oc6cccc(N7CN(c8cccc(C(C)(C)C)c8)c8ccccc87)c6)cc4n5-c4cc(-c5ccc(C(C)(C)C)cc5C(C)(C)C)ccn4)c([2H])c([2H])c32)c1[2H]. The summed E-state index contributed by atoms with van der Waals surface area (Å²) in [6, 6.07) is 45.7. The average molecular weight is 948 g/mol. The molecule has 0 N–H and O–H groups in total. The fourth-order valence-corrected chi connectivity index (χ4v) is 10.1. The Morgan fingerprint density at radius 1 is 0.514 bits per heavy atom. The van der Waals surface area contributed by atoms with E-state index >= 15 is 0 Å². The zero-order valence-electron chi connectivity index (χ0n) is 49.2. The van der Waals surface area contributed by atoms with E-state index in [1.165, 1.54) is 16.7 Å². The van der Waals surface area contributed by atoms with Gasteiger partial charge in [0.25, 0.3) is 0 Å². The van der Waals surface area contributed by atoms with E-state index in [2.05, 4.69) is 168 Å². The van der Waals surface area contributed by atoms with E-state index in [4.69, 9.17) is 19.6 Å². The molecule has 0 atom stereocenters. The van der Waals surface area contributed by atoms with Crippen molar-refractivity contribution in [1.29, 1.82) is 0 Å². The number of benzene rings is 8. The Labute approximate surface area is 432 Å². The Balaban J connectivity index is 0.992. The molecule has 1 aliphatic heterocycles. The predicted octanol–water partition coefficient (Wildman–Crippen LogP) is 18.3. The number of nitrogens with zero attached hydrogens (tertiary/aromatic N) is 4. The van der Waals surface area contributed by atoms with Crippen LogP contribution in [-0.4, -0.2) is 16.2 Å². The number of ether oxygens (including phenoxy) is 1. The largest absolute Gasteiger partial charge is 0.457 e. The van der Waals surface area contributed by atoms with Crippen molar-refractivity contribution in [2.45, 2.75) is 78.6 Å². The number of fused-ring (bicyclic) bond motifs is 7. The minimum atomic E-state index is -0.475. The summed E-state index contributed by atoms with van der Waals surface area (Å²) < 4.78 is 76.9. The Morgan fingerprint density at radius 3 is 1.99 bits per heavy atom. The molecular formula is C66H60N4O2. The highest BCUT2D eigenvalue weighted by Crippen LogP contribution is 2.46. The minimum absolute atomic E-state index is 0.00129. The third-order valence-electron chi connectivity index (χ3n) is 14.0. The molecule has 11 aromatic rings. The highest BCUT2D eigenvalue weighted by molar-refractivity contribution is 6.11. The lowest BCUT2D eigenvalue weighted by Crippen LogP contribution is -2.24. The van der Waals surface area contributed by atoms with Crippen molar-refractivity contribution in [1.82, 2.24) is 9.55 Å². The quantitative estimate of drug-likeness (QED) is 0.159. The summed E-state index contributed by atoms with van der Waals surface area (Å²) in [5, 5.41) is 1.66. The molecule has 0 saturated carbocycles. The van der Waals surface area contributed by atoms with Gasteiger partial charge in [0.15, 0.2) is 0 Å². The highest BCUT2D eigenvalue weighted by atomic mass is 16.5. The number of furan rings is 1. The first kappa shape index (κ1) is 37.7.